The van der Waals surface area contributed by atoms with Crippen LogP contribution < -0.4 is 15.1 Å². The van der Waals surface area contributed by atoms with Crippen LogP contribution in [0.4, 0.5) is 11.4 Å². The third kappa shape index (κ3) is 5.01. The number of halogens is 1. The van der Waals surface area contributed by atoms with E-state index in [2.05, 4.69) is 80.2 Å². The topological polar surface area (TPSA) is 57.4 Å². The molecule has 1 N–H and O–H groups in total. The molecule has 4 heterocycles. The molecule has 0 unspecified atom stereocenters. The van der Waals surface area contributed by atoms with Crippen LogP contribution in [-0.4, -0.2) is 36.1 Å². The van der Waals surface area contributed by atoms with Gasteiger partial charge in [-0.2, -0.15) is 0 Å². The van der Waals surface area contributed by atoms with Gasteiger partial charge in [0.25, 0.3) is 0 Å². The van der Waals surface area contributed by atoms with Crippen molar-refractivity contribution in [1.82, 2.24) is 15.3 Å². The van der Waals surface area contributed by atoms with E-state index in [0.717, 1.165) is 83.3 Å². The minimum Gasteiger partial charge on any atom is -0.454 e. The highest BCUT2D eigenvalue weighted by atomic mass is 35.5. The molecule has 2 aliphatic rings. The summed E-state index contributed by atoms with van der Waals surface area (Å²) in [6.45, 7) is 9.21. The Labute approximate surface area is 244 Å². The summed E-state index contributed by atoms with van der Waals surface area (Å²) in [5.74, 6) is 1.63. The maximum atomic E-state index is 6.56. The van der Waals surface area contributed by atoms with E-state index in [1.54, 1.807) is 6.33 Å². The number of fused-ring (bicyclic) bond motifs is 2. The Morgan fingerprint density at radius 1 is 0.878 bits per heavy atom. The van der Waals surface area contributed by atoms with Crippen LogP contribution >= 0.6 is 11.6 Å². The molecule has 6 nitrogen and oxygen atoms in total. The van der Waals surface area contributed by atoms with Gasteiger partial charge in [0.05, 0.1) is 5.70 Å². The van der Waals surface area contributed by atoms with E-state index in [9.17, 15) is 0 Å². The second kappa shape index (κ2) is 10.9. The molecule has 7 heteroatoms. The van der Waals surface area contributed by atoms with Gasteiger partial charge in [-0.25, -0.2) is 9.97 Å². The van der Waals surface area contributed by atoms with Crippen LogP contribution in [0.3, 0.4) is 0 Å². The third-order valence-corrected chi connectivity index (χ3v) is 8.21. The van der Waals surface area contributed by atoms with E-state index in [1.165, 1.54) is 11.3 Å². The van der Waals surface area contributed by atoms with Crippen molar-refractivity contribution in [2.75, 3.05) is 36.0 Å². The Morgan fingerprint density at radius 2 is 1.66 bits per heavy atom. The molecule has 0 spiro atoms. The molecule has 0 atom stereocenters. The number of benzene rings is 3. The number of aromatic nitrogens is 2. The largest absolute Gasteiger partial charge is 0.454 e. The molecule has 1 fully saturated rings. The molecule has 0 aliphatic carbocycles. The van der Waals surface area contributed by atoms with Crippen molar-refractivity contribution in [2.45, 2.75) is 13.0 Å². The Balaban J connectivity index is 1.33. The molecule has 7 rings (SSSR count). The second-order valence-electron chi connectivity index (χ2n) is 10.5. The monoisotopic (exact) mass is 559 g/mol. The number of furan rings is 1. The van der Waals surface area contributed by atoms with E-state index < -0.39 is 0 Å². The van der Waals surface area contributed by atoms with Crippen LogP contribution in [0.5, 0.6) is 0 Å². The van der Waals surface area contributed by atoms with E-state index >= 15 is 0 Å². The quantitative estimate of drug-likeness (QED) is 0.249. The van der Waals surface area contributed by atoms with Gasteiger partial charge in [-0.3, -0.25) is 0 Å². The summed E-state index contributed by atoms with van der Waals surface area (Å²) in [6.07, 6.45) is 6.04. The zero-order chi connectivity index (χ0) is 27.8. The number of nitrogens with zero attached hydrogens (tertiary/aromatic N) is 4. The van der Waals surface area contributed by atoms with Crippen LogP contribution in [0.15, 0.2) is 103 Å². The molecule has 0 saturated carbocycles. The predicted octanol–water partition coefficient (Wildman–Crippen LogP) is 7.05. The average Bonchev–Trinajstić information content (AvgIpc) is 3.41. The first-order valence-electron chi connectivity index (χ1n) is 13.9. The highest BCUT2D eigenvalue weighted by molar-refractivity contribution is 6.30. The molecule has 0 amide bonds. The fourth-order valence-corrected chi connectivity index (χ4v) is 5.99. The first kappa shape index (κ1) is 25.6. The zero-order valence-electron chi connectivity index (χ0n) is 22.7. The van der Waals surface area contributed by atoms with E-state index in [1.807, 2.05) is 36.7 Å². The van der Waals surface area contributed by atoms with Crippen molar-refractivity contribution < 1.29 is 4.42 Å². The number of hydrogen-bond donors (Lipinski definition) is 1. The summed E-state index contributed by atoms with van der Waals surface area (Å²) >= 11 is 6.17. The van der Waals surface area contributed by atoms with Gasteiger partial charge >= 0.3 is 0 Å². The molecule has 3 aromatic carbocycles. The van der Waals surface area contributed by atoms with Crippen molar-refractivity contribution >= 4 is 28.7 Å². The molecule has 0 bridgehead atoms. The van der Waals surface area contributed by atoms with Gasteiger partial charge < -0.3 is 19.5 Å². The molecule has 1 saturated heterocycles. The molecule has 2 aromatic heterocycles. The zero-order valence-corrected chi connectivity index (χ0v) is 23.4. The molecule has 2 aliphatic heterocycles. The molecule has 5 aromatic rings. The SMILES string of the molecule is C=C1c2oc(-c3ccc(Cl)cc3)cc2Cc2cc(N3CCNCC3)ccc2N1Cc1ccccc1-c1cncnc1. The van der Waals surface area contributed by atoms with Crippen molar-refractivity contribution in [3.8, 4) is 22.5 Å². The normalized spacial score (nSPS) is 14.9. The smallest absolute Gasteiger partial charge is 0.154 e. The molecule has 41 heavy (non-hydrogen) atoms. The highest BCUT2D eigenvalue weighted by Crippen LogP contribution is 2.42. The molecule has 204 valence electrons. The van der Waals surface area contributed by atoms with Crippen molar-refractivity contribution in [3.63, 3.8) is 0 Å². The van der Waals surface area contributed by atoms with E-state index in [-0.39, 0.29) is 0 Å². The molecular weight excluding hydrogens is 530 g/mol. The number of hydrogen-bond acceptors (Lipinski definition) is 6. The second-order valence-corrected chi connectivity index (χ2v) is 11.0. The Kier molecular flexibility index (Phi) is 6.79. The van der Waals surface area contributed by atoms with E-state index in [0.29, 0.717) is 11.6 Å². The van der Waals surface area contributed by atoms with Crippen LogP contribution in [-0.2, 0) is 13.0 Å². The number of piperazine rings is 1. The van der Waals surface area contributed by atoms with Crippen LogP contribution in [0.2, 0.25) is 5.02 Å². The standard InChI is InChI=1S/C34H30ClN5O/c1-23-34-27(18-33(41-34)24-6-8-29(35)9-7-24)16-26-17-30(39-14-12-36-13-15-39)10-11-32(26)40(23)21-25-4-2-3-5-31(25)28-19-37-22-38-20-28/h2-11,17-20,22,36H,1,12-16,21H2. The minimum atomic E-state index is 0.625. The first-order chi connectivity index (χ1) is 20.1. The van der Waals surface area contributed by atoms with Gasteiger partial charge in [-0.05, 0) is 65.2 Å². The van der Waals surface area contributed by atoms with Crippen LogP contribution in [0, 0.1) is 0 Å². The highest BCUT2D eigenvalue weighted by Gasteiger charge is 2.28. The third-order valence-electron chi connectivity index (χ3n) is 7.96. The maximum Gasteiger partial charge on any atom is 0.154 e. The summed E-state index contributed by atoms with van der Waals surface area (Å²) in [6, 6.07) is 25.2. The van der Waals surface area contributed by atoms with Crippen LogP contribution in [0.1, 0.15) is 22.5 Å². The van der Waals surface area contributed by atoms with Gasteiger partial charge in [0, 0.05) is 84.6 Å². The summed E-state index contributed by atoms with van der Waals surface area (Å²) in [4.78, 5) is 13.3. The Bertz CT molecular complexity index is 1710. The minimum absolute atomic E-state index is 0.625. The Hall–Kier alpha value is -4.39. The van der Waals surface area contributed by atoms with Crippen molar-refractivity contribution in [1.29, 1.82) is 0 Å². The van der Waals surface area contributed by atoms with E-state index in [4.69, 9.17) is 16.0 Å². The average molecular weight is 560 g/mol. The number of rotatable bonds is 5. The summed E-state index contributed by atoms with van der Waals surface area (Å²) < 4.78 is 6.56. The lowest BCUT2D eigenvalue weighted by atomic mass is 10.0. The van der Waals surface area contributed by atoms with Crippen molar-refractivity contribution in [3.05, 3.63) is 126 Å². The summed E-state index contributed by atoms with van der Waals surface area (Å²) in [7, 11) is 0. The fraction of sp³-hybridized carbons (Fsp3) is 0.176. The lowest BCUT2D eigenvalue weighted by molar-refractivity contribution is 0.562. The van der Waals surface area contributed by atoms with Crippen LogP contribution in [0.25, 0.3) is 28.1 Å². The van der Waals surface area contributed by atoms with Gasteiger partial charge in [0.15, 0.2) is 5.76 Å². The Morgan fingerprint density at radius 3 is 2.46 bits per heavy atom. The van der Waals surface area contributed by atoms with Gasteiger partial charge in [0.1, 0.15) is 12.1 Å². The fourth-order valence-electron chi connectivity index (χ4n) is 5.86. The van der Waals surface area contributed by atoms with Gasteiger partial charge in [-0.1, -0.05) is 42.4 Å². The predicted molar refractivity (Wildman–Crippen MR) is 166 cm³/mol. The summed E-state index contributed by atoms with van der Waals surface area (Å²) in [5.41, 5.74) is 9.87. The van der Waals surface area contributed by atoms with Crippen molar-refractivity contribution in [2.24, 2.45) is 0 Å². The van der Waals surface area contributed by atoms with Gasteiger partial charge in [-0.15, -0.1) is 0 Å². The molecule has 0 radical (unpaired) electrons. The summed E-state index contributed by atoms with van der Waals surface area (Å²) in [5, 5.41) is 4.16. The molecular formula is C34H30ClN5O. The number of anilines is 2. The van der Waals surface area contributed by atoms with Gasteiger partial charge in [0.2, 0.25) is 0 Å². The number of nitrogens with one attached hydrogen (secondary N) is 1. The maximum absolute atomic E-state index is 6.56. The first-order valence-corrected chi connectivity index (χ1v) is 14.3. The lowest BCUT2D eigenvalue weighted by Crippen LogP contribution is -2.43. The lowest BCUT2D eigenvalue weighted by Gasteiger charge is -2.31.